The van der Waals surface area contributed by atoms with Crippen LogP contribution in [0.2, 0.25) is 0 Å². The Hall–Kier alpha value is -4.63. The Morgan fingerprint density at radius 1 is 0.897 bits per heavy atom. The number of amides is 1. The molecule has 0 heterocycles. The molecule has 1 N–H and O–H groups in total. The molecule has 0 spiro atoms. The lowest BCUT2D eigenvalue weighted by Crippen LogP contribution is -2.39. The van der Waals surface area contributed by atoms with Crippen molar-refractivity contribution in [1.29, 1.82) is 0 Å². The highest BCUT2D eigenvalue weighted by molar-refractivity contribution is 7.92. The molecule has 0 atom stereocenters. The second-order valence-corrected chi connectivity index (χ2v) is 10.5. The molecule has 4 rings (SSSR count). The van der Waals surface area contributed by atoms with Crippen LogP contribution in [0.3, 0.4) is 0 Å². The third kappa shape index (κ3) is 7.24. The molecule has 39 heavy (non-hydrogen) atoms. The molecule has 0 aliphatic carbocycles. The Labute approximate surface area is 228 Å². The predicted octanol–water partition coefficient (Wildman–Crippen LogP) is 4.93. The zero-order valence-electron chi connectivity index (χ0n) is 21.7. The summed E-state index contributed by atoms with van der Waals surface area (Å²) >= 11 is 0. The number of anilines is 1. The van der Waals surface area contributed by atoms with E-state index in [2.05, 4.69) is 10.5 Å². The smallest absolute Gasteiger partial charge is 0.264 e. The van der Waals surface area contributed by atoms with Crippen LogP contribution in [-0.2, 0) is 21.4 Å². The number of hydrogen-bond donors (Lipinski definition) is 1. The molecule has 0 aliphatic rings. The molecule has 1 amide bonds. The average Bonchev–Trinajstić information content (AvgIpc) is 2.96. The van der Waals surface area contributed by atoms with Gasteiger partial charge in [0.25, 0.3) is 15.9 Å². The second kappa shape index (κ2) is 12.7. The number of sulfonamides is 1. The van der Waals surface area contributed by atoms with E-state index in [4.69, 9.17) is 9.47 Å². The summed E-state index contributed by atoms with van der Waals surface area (Å²) in [5.41, 5.74) is 5.35. The topological polar surface area (TPSA) is 97.3 Å². The monoisotopic (exact) mass is 543 g/mol. The van der Waals surface area contributed by atoms with Gasteiger partial charge in [0.15, 0.2) is 0 Å². The van der Waals surface area contributed by atoms with Gasteiger partial charge < -0.3 is 9.47 Å². The van der Waals surface area contributed by atoms with Crippen molar-refractivity contribution in [1.82, 2.24) is 5.43 Å². The summed E-state index contributed by atoms with van der Waals surface area (Å²) in [6.07, 6.45) is 1.46. The van der Waals surface area contributed by atoms with Crippen molar-refractivity contribution in [2.45, 2.75) is 18.4 Å². The van der Waals surface area contributed by atoms with E-state index in [1.165, 1.54) is 25.5 Å². The number of benzene rings is 4. The zero-order valence-corrected chi connectivity index (χ0v) is 22.5. The molecule has 0 bridgehead atoms. The largest absolute Gasteiger partial charge is 0.497 e. The number of ether oxygens (including phenoxy) is 2. The molecule has 0 unspecified atom stereocenters. The van der Waals surface area contributed by atoms with Gasteiger partial charge in [-0.3, -0.25) is 9.10 Å². The number of methoxy groups -OCH3 is 1. The van der Waals surface area contributed by atoms with E-state index in [1.54, 1.807) is 36.4 Å². The second-order valence-electron chi connectivity index (χ2n) is 8.63. The van der Waals surface area contributed by atoms with Gasteiger partial charge in [0.2, 0.25) is 0 Å². The van der Waals surface area contributed by atoms with Crippen LogP contribution in [0.1, 0.15) is 16.7 Å². The van der Waals surface area contributed by atoms with E-state index in [0.717, 1.165) is 15.4 Å². The molecule has 0 saturated heterocycles. The molecule has 4 aromatic carbocycles. The Bertz CT molecular complexity index is 1520. The summed E-state index contributed by atoms with van der Waals surface area (Å²) in [5, 5.41) is 4.05. The lowest BCUT2D eigenvalue weighted by molar-refractivity contribution is -0.119. The van der Waals surface area contributed by atoms with Gasteiger partial charge in [0.1, 0.15) is 24.7 Å². The number of carbonyl (C=O) groups is 1. The maximum Gasteiger partial charge on any atom is 0.264 e. The van der Waals surface area contributed by atoms with Crippen LogP contribution in [0, 0.1) is 6.92 Å². The van der Waals surface area contributed by atoms with Crippen LogP contribution in [0.4, 0.5) is 5.69 Å². The fourth-order valence-corrected chi connectivity index (χ4v) is 5.12. The maximum absolute atomic E-state index is 13.5. The van der Waals surface area contributed by atoms with Crippen LogP contribution in [-0.4, -0.2) is 34.2 Å². The summed E-state index contributed by atoms with van der Waals surface area (Å²) in [5.74, 6) is 0.551. The number of para-hydroxylation sites is 1. The van der Waals surface area contributed by atoms with Crippen molar-refractivity contribution in [2.75, 3.05) is 18.0 Å². The van der Waals surface area contributed by atoms with Gasteiger partial charge in [-0.2, -0.15) is 5.10 Å². The minimum absolute atomic E-state index is 0.0738. The van der Waals surface area contributed by atoms with Crippen molar-refractivity contribution < 1.29 is 22.7 Å². The highest BCUT2D eigenvalue weighted by Crippen LogP contribution is 2.26. The molecule has 0 fully saturated rings. The Morgan fingerprint density at radius 2 is 1.56 bits per heavy atom. The van der Waals surface area contributed by atoms with Crippen molar-refractivity contribution in [3.8, 4) is 11.5 Å². The first-order valence-electron chi connectivity index (χ1n) is 12.2. The maximum atomic E-state index is 13.5. The molecule has 0 aromatic heterocycles. The Kier molecular flexibility index (Phi) is 8.96. The van der Waals surface area contributed by atoms with E-state index < -0.39 is 22.5 Å². The number of aryl methyl sites for hydroxylation is 1. The first-order valence-corrected chi connectivity index (χ1v) is 13.6. The normalized spacial score (nSPS) is 11.2. The van der Waals surface area contributed by atoms with Crippen LogP contribution >= 0.6 is 0 Å². The molecule has 8 nitrogen and oxygen atoms in total. The third-order valence-electron chi connectivity index (χ3n) is 5.81. The molecule has 9 heteroatoms. The lowest BCUT2D eigenvalue weighted by Gasteiger charge is -2.24. The highest BCUT2D eigenvalue weighted by atomic mass is 32.2. The minimum atomic E-state index is -4.04. The SMILES string of the molecule is COc1ccc(N(CC(=O)N/N=C\c2ccccc2OCc2ccccc2)S(=O)(=O)c2ccc(C)cc2)cc1. The van der Waals surface area contributed by atoms with Gasteiger partial charge in [-0.05, 0) is 61.0 Å². The number of nitrogens with zero attached hydrogens (tertiary/aromatic N) is 2. The number of rotatable bonds is 11. The summed E-state index contributed by atoms with van der Waals surface area (Å²) in [6.45, 7) is 1.77. The summed E-state index contributed by atoms with van der Waals surface area (Å²) in [4.78, 5) is 13.0. The van der Waals surface area contributed by atoms with E-state index >= 15 is 0 Å². The van der Waals surface area contributed by atoms with Gasteiger partial charge in [-0.25, -0.2) is 13.8 Å². The van der Waals surface area contributed by atoms with E-state index in [9.17, 15) is 13.2 Å². The van der Waals surface area contributed by atoms with E-state index in [1.807, 2.05) is 61.5 Å². The van der Waals surface area contributed by atoms with Crippen molar-refractivity contribution in [3.63, 3.8) is 0 Å². The zero-order chi connectivity index (χ0) is 27.7. The molecule has 4 aromatic rings. The molecular formula is C30H29N3O5S. The fourth-order valence-electron chi connectivity index (χ4n) is 3.69. The number of carbonyl (C=O) groups excluding carboxylic acids is 1. The van der Waals surface area contributed by atoms with Gasteiger partial charge in [0, 0.05) is 5.56 Å². The summed E-state index contributed by atoms with van der Waals surface area (Å²) in [7, 11) is -2.52. The predicted molar refractivity (Wildman–Crippen MR) is 152 cm³/mol. The van der Waals surface area contributed by atoms with Gasteiger partial charge in [-0.1, -0.05) is 60.2 Å². The molecular weight excluding hydrogens is 514 g/mol. The van der Waals surface area contributed by atoms with Gasteiger partial charge in [-0.15, -0.1) is 0 Å². The first-order chi connectivity index (χ1) is 18.9. The van der Waals surface area contributed by atoms with E-state index in [0.29, 0.717) is 29.4 Å². The fraction of sp³-hybridized carbons (Fsp3) is 0.133. The number of hydrogen-bond acceptors (Lipinski definition) is 6. The number of hydrazone groups is 1. The average molecular weight is 544 g/mol. The highest BCUT2D eigenvalue weighted by Gasteiger charge is 2.27. The van der Waals surface area contributed by atoms with Crippen LogP contribution in [0.15, 0.2) is 113 Å². The molecule has 0 aliphatic heterocycles. The minimum Gasteiger partial charge on any atom is -0.497 e. The quantitative estimate of drug-likeness (QED) is 0.214. The standard InChI is InChI=1S/C30H29N3O5S/c1-23-12-18-28(19-13-23)39(35,36)33(26-14-16-27(37-2)17-15-26)21-30(34)32-31-20-25-10-6-7-11-29(25)38-22-24-8-4-3-5-9-24/h3-20H,21-22H2,1-2H3,(H,32,34)/b31-20-. The Balaban J connectivity index is 1.49. The summed E-state index contributed by atoms with van der Waals surface area (Å²) in [6, 6.07) is 29.9. The Morgan fingerprint density at radius 3 is 2.26 bits per heavy atom. The molecule has 200 valence electrons. The first kappa shape index (κ1) is 27.4. The van der Waals surface area contributed by atoms with Gasteiger partial charge in [0.05, 0.1) is 23.9 Å². The molecule has 0 saturated carbocycles. The van der Waals surface area contributed by atoms with Crippen LogP contribution < -0.4 is 19.2 Å². The van der Waals surface area contributed by atoms with Crippen molar-refractivity contribution >= 4 is 27.8 Å². The lowest BCUT2D eigenvalue weighted by atomic mass is 10.2. The third-order valence-corrected chi connectivity index (χ3v) is 7.59. The van der Waals surface area contributed by atoms with Crippen LogP contribution in [0.5, 0.6) is 11.5 Å². The van der Waals surface area contributed by atoms with Crippen LogP contribution in [0.25, 0.3) is 0 Å². The van der Waals surface area contributed by atoms with E-state index in [-0.39, 0.29) is 4.90 Å². The number of nitrogens with one attached hydrogen (secondary N) is 1. The summed E-state index contributed by atoms with van der Waals surface area (Å²) < 4.78 is 39.2. The van der Waals surface area contributed by atoms with Gasteiger partial charge >= 0.3 is 0 Å². The van der Waals surface area contributed by atoms with Crippen molar-refractivity contribution in [2.24, 2.45) is 5.10 Å². The van der Waals surface area contributed by atoms with Crippen molar-refractivity contribution in [3.05, 3.63) is 120 Å². The molecule has 0 radical (unpaired) electrons.